The van der Waals surface area contributed by atoms with Crippen LogP contribution in [0.15, 0.2) is 41.7 Å². The maximum absolute atomic E-state index is 12.6. The van der Waals surface area contributed by atoms with Crippen molar-refractivity contribution in [1.82, 2.24) is 20.2 Å². The van der Waals surface area contributed by atoms with Gasteiger partial charge in [-0.3, -0.25) is 0 Å². The van der Waals surface area contributed by atoms with Crippen molar-refractivity contribution in [3.63, 3.8) is 0 Å². The number of hydrogen-bond acceptors (Lipinski definition) is 6. The number of anilines is 1. The fourth-order valence-corrected chi connectivity index (χ4v) is 3.28. The molecule has 1 saturated heterocycles. The van der Waals surface area contributed by atoms with Gasteiger partial charge in [-0.25, -0.2) is 15.0 Å². The van der Waals surface area contributed by atoms with Crippen molar-refractivity contribution < 1.29 is 18.3 Å². The second kappa shape index (κ2) is 11.3. The molecule has 0 saturated carbocycles. The van der Waals surface area contributed by atoms with E-state index in [-0.39, 0.29) is 11.5 Å². The molecule has 1 fully saturated rings. The van der Waals surface area contributed by atoms with Gasteiger partial charge in [-0.1, -0.05) is 6.07 Å². The molecule has 2 aromatic rings. The van der Waals surface area contributed by atoms with Crippen LogP contribution in [0.25, 0.3) is 0 Å². The lowest BCUT2D eigenvalue weighted by Gasteiger charge is -2.36. The van der Waals surface area contributed by atoms with E-state index in [1.54, 1.807) is 37.5 Å². The van der Waals surface area contributed by atoms with Crippen LogP contribution in [0.1, 0.15) is 19.4 Å². The van der Waals surface area contributed by atoms with Crippen molar-refractivity contribution in [2.45, 2.75) is 27.0 Å². The Morgan fingerprint density at radius 3 is 2.52 bits per heavy atom. The molecule has 0 amide bonds. The Kier molecular flexibility index (Phi) is 8.19. The van der Waals surface area contributed by atoms with Gasteiger partial charge in [0.15, 0.2) is 17.5 Å². The second-order valence-electron chi connectivity index (χ2n) is 6.79. The molecular formula is C21H28F2N6O2. The number of hydrogen-bond donors (Lipinski definition) is 1. The minimum absolute atomic E-state index is 0.0238. The van der Waals surface area contributed by atoms with Crippen molar-refractivity contribution in [2.75, 3.05) is 44.2 Å². The first-order valence-corrected chi connectivity index (χ1v) is 10.4. The summed E-state index contributed by atoms with van der Waals surface area (Å²) in [5.74, 6) is 1.85. The summed E-state index contributed by atoms with van der Waals surface area (Å²) in [5.41, 5.74) is 0.844. The zero-order valence-electron chi connectivity index (χ0n) is 17.8. The fraction of sp³-hybridized carbons (Fsp3) is 0.476. The summed E-state index contributed by atoms with van der Waals surface area (Å²) in [5, 5.41) is 3.33. The van der Waals surface area contributed by atoms with Gasteiger partial charge in [0, 0.05) is 45.1 Å². The molecule has 0 atom stereocenters. The molecule has 3 rings (SSSR count). The van der Waals surface area contributed by atoms with Crippen molar-refractivity contribution in [1.29, 1.82) is 0 Å². The summed E-state index contributed by atoms with van der Waals surface area (Å²) >= 11 is 0. The minimum atomic E-state index is -2.90. The summed E-state index contributed by atoms with van der Waals surface area (Å²) in [6, 6.07) is 6.71. The molecule has 31 heavy (non-hydrogen) atoms. The van der Waals surface area contributed by atoms with Gasteiger partial charge in [-0.2, -0.15) is 8.78 Å². The molecular weight excluding hydrogens is 406 g/mol. The largest absolute Gasteiger partial charge is 0.490 e. The van der Waals surface area contributed by atoms with Gasteiger partial charge in [-0.15, -0.1) is 0 Å². The number of piperazine rings is 1. The Morgan fingerprint density at radius 1 is 1.13 bits per heavy atom. The van der Waals surface area contributed by atoms with Gasteiger partial charge < -0.3 is 24.6 Å². The predicted octanol–water partition coefficient (Wildman–Crippen LogP) is 2.76. The Bertz CT molecular complexity index is 845. The van der Waals surface area contributed by atoms with Crippen molar-refractivity contribution in [3.05, 3.63) is 42.2 Å². The molecule has 8 nitrogen and oxygen atoms in total. The molecule has 1 aliphatic rings. The van der Waals surface area contributed by atoms with Crippen LogP contribution in [0.3, 0.4) is 0 Å². The topological polar surface area (TPSA) is 75.1 Å². The molecule has 0 radical (unpaired) electrons. The van der Waals surface area contributed by atoms with Crippen molar-refractivity contribution >= 4 is 11.9 Å². The zero-order valence-corrected chi connectivity index (χ0v) is 17.8. The predicted molar refractivity (Wildman–Crippen MR) is 115 cm³/mol. The number of halogens is 2. The third-order valence-electron chi connectivity index (χ3n) is 4.68. The third-order valence-corrected chi connectivity index (χ3v) is 4.68. The number of alkyl halides is 2. The highest BCUT2D eigenvalue weighted by Gasteiger charge is 2.21. The lowest BCUT2D eigenvalue weighted by molar-refractivity contribution is -0.0514. The Hall–Kier alpha value is -3.17. The van der Waals surface area contributed by atoms with Crippen molar-refractivity contribution in [3.8, 4) is 11.5 Å². The van der Waals surface area contributed by atoms with Crippen LogP contribution in [0.4, 0.5) is 14.7 Å². The van der Waals surface area contributed by atoms with Crippen LogP contribution in [0.5, 0.6) is 11.5 Å². The molecule has 1 aromatic heterocycles. The summed E-state index contributed by atoms with van der Waals surface area (Å²) in [4.78, 5) is 17.7. The molecule has 0 spiro atoms. The summed E-state index contributed by atoms with van der Waals surface area (Å²) < 4.78 is 35.2. The monoisotopic (exact) mass is 434 g/mol. The average Bonchev–Trinajstić information content (AvgIpc) is 2.79. The summed E-state index contributed by atoms with van der Waals surface area (Å²) in [7, 11) is 0. The van der Waals surface area contributed by atoms with Gasteiger partial charge in [0.2, 0.25) is 5.95 Å². The Morgan fingerprint density at radius 2 is 1.87 bits per heavy atom. The molecule has 2 heterocycles. The van der Waals surface area contributed by atoms with Gasteiger partial charge >= 0.3 is 6.61 Å². The number of aliphatic imine (C=N–C) groups is 1. The first-order chi connectivity index (χ1) is 15.1. The highest BCUT2D eigenvalue weighted by molar-refractivity contribution is 5.80. The Labute approximate surface area is 180 Å². The van der Waals surface area contributed by atoms with Crippen LogP contribution in [0.2, 0.25) is 0 Å². The van der Waals surface area contributed by atoms with Crippen LogP contribution in [-0.4, -0.2) is 66.8 Å². The lowest BCUT2D eigenvalue weighted by atomic mass is 10.2. The number of rotatable bonds is 8. The standard InChI is InChI=1S/C21H28F2N6O2/c1-3-24-20(28-10-12-29(13-11-28)21-25-8-5-9-26-21)27-15-16-6-7-17(31-19(22)23)18(14-16)30-4-2/h5-9,14,19H,3-4,10-13,15H2,1-2H3,(H,24,27). The molecule has 1 N–H and O–H groups in total. The molecule has 10 heteroatoms. The maximum Gasteiger partial charge on any atom is 0.387 e. The summed E-state index contributed by atoms with van der Waals surface area (Å²) in [6.07, 6.45) is 3.49. The van der Waals surface area contributed by atoms with Gasteiger partial charge in [0.1, 0.15) is 0 Å². The van der Waals surface area contributed by atoms with E-state index in [1.807, 2.05) is 6.92 Å². The molecule has 1 aliphatic heterocycles. The normalized spacial score (nSPS) is 14.7. The van der Waals surface area contributed by atoms with Gasteiger partial charge in [-0.05, 0) is 37.6 Å². The highest BCUT2D eigenvalue weighted by Crippen LogP contribution is 2.30. The number of nitrogens with zero attached hydrogens (tertiary/aromatic N) is 5. The second-order valence-corrected chi connectivity index (χ2v) is 6.79. The maximum atomic E-state index is 12.6. The quantitative estimate of drug-likeness (QED) is 0.506. The smallest absolute Gasteiger partial charge is 0.387 e. The average molecular weight is 434 g/mol. The highest BCUT2D eigenvalue weighted by atomic mass is 19.3. The minimum Gasteiger partial charge on any atom is -0.490 e. The Balaban J connectivity index is 1.66. The van der Waals surface area contributed by atoms with Crippen LogP contribution in [-0.2, 0) is 6.54 Å². The molecule has 1 aromatic carbocycles. The number of nitrogens with one attached hydrogen (secondary N) is 1. The first-order valence-electron chi connectivity index (χ1n) is 10.4. The third kappa shape index (κ3) is 6.40. The first kappa shape index (κ1) is 22.5. The van der Waals surface area contributed by atoms with E-state index in [4.69, 9.17) is 9.73 Å². The van der Waals surface area contributed by atoms with E-state index in [2.05, 4.69) is 29.8 Å². The van der Waals surface area contributed by atoms with E-state index < -0.39 is 6.61 Å². The zero-order chi connectivity index (χ0) is 22.1. The van der Waals surface area contributed by atoms with Crippen LogP contribution < -0.4 is 19.7 Å². The van der Waals surface area contributed by atoms with Crippen LogP contribution in [0, 0.1) is 0 Å². The van der Waals surface area contributed by atoms with E-state index in [9.17, 15) is 8.78 Å². The number of aromatic nitrogens is 2. The van der Waals surface area contributed by atoms with E-state index >= 15 is 0 Å². The van der Waals surface area contributed by atoms with Crippen LogP contribution >= 0.6 is 0 Å². The number of benzene rings is 1. The van der Waals surface area contributed by atoms with Crippen molar-refractivity contribution in [2.24, 2.45) is 4.99 Å². The summed E-state index contributed by atoms with van der Waals surface area (Å²) in [6.45, 7) is 5.56. The lowest BCUT2D eigenvalue weighted by Crippen LogP contribution is -2.52. The fourth-order valence-electron chi connectivity index (χ4n) is 3.28. The van der Waals surface area contributed by atoms with Gasteiger partial charge in [0.05, 0.1) is 13.2 Å². The van der Waals surface area contributed by atoms with E-state index in [0.717, 1.165) is 50.2 Å². The number of guanidine groups is 1. The number of ether oxygens (including phenoxy) is 2. The van der Waals surface area contributed by atoms with E-state index in [0.29, 0.717) is 13.2 Å². The van der Waals surface area contributed by atoms with Gasteiger partial charge in [0.25, 0.3) is 0 Å². The molecule has 0 aliphatic carbocycles. The SMILES string of the molecule is CCNC(=NCc1ccc(OC(F)F)c(OCC)c1)N1CCN(c2ncccn2)CC1. The molecule has 168 valence electrons. The molecule has 0 unspecified atom stereocenters. The molecule has 0 bridgehead atoms. The van der Waals surface area contributed by atoms with E-state index in [1.165, 1.54) is 6.07 Å².